The van der Waals surface area contributed by atoms with E-state index in [1.165, 1.54) is 6.26 Å². The first kappa shape index (κ1) is 11.7. The van der Waals surface area contributed by atoms with Gasteiger partial charge in [0.25, 0.3) is 0 Å². The number of halogens is 1. The molecule has 0 amide bonds. The predicted molar refractivity (Wildman–Crippen MR) is 61.5 cm³/mol. The molecule has 2 aromatic rings. The van der Waals surface area contributed by atoms with Gasteiger partial charge in [-0.15, -0.1) is 0 Å². The van der Waals surface area contributed by atoms with Gasteiger partial charge in [-0.05, 0) is 19.9 Å². The van der Waals surface area contributed by atoms with Gasteiger partial charge in [0.15, 0.2) is 0 Å². The minimum absolute atomic E-state index is 0.0614. The van der Waals surface area contributed by atoms with Crippen LogP contribution in [0.2, 0.25) is 5.02 Å². The number of carbonyl (C=O) groups is 1. The maximum atomic E-state index is 10.9. The van der Waals surface area contributed by atoms with Crippen LogP contribution in [0, 0.1) is 13.8 Å². The van der Waals surface area contributed by atoms with Crippen LogP contribution in [0.25, 0.3) is 0 Å². The Kier molecular flexibility index (Phi) is 2.93. The van der Waals surface area contributed by atoms with E-state index in [1.54, 1.807) is 17.7 Å². The zero-order chi connectivity index (χ0) is 12.6. The van der Waals surface area contributed by atoms with Crippen molar-refractivity contribution in [2.75, 3.05) is 0 Å². The molecule has 17 heavy (non-hydrogen) atoms. The third-order valence-corrected chi connectivity index (χ3v) is 3.10. The van der Waals surface area contributed by atoms with Gasteiger partial charge in [-0.2, -0.15) is 5.10 Å². The molecule has 2 rings (SSSR count). The average molecular weight is 255 g/mol. The Morgan fingerprint density at radius 2 is 2.29 bits per heavy atom. The van der Waals surface area contributed by atoms with Crippen molar-refractivity contribution in [2.45, 2.75) is 20.4 Å². The van der Waals surface area contributed by atoms with Gasteiger partial charge in [0.1, 0.15) is 0 Å². The molecule has 6 heteroatoms. The predicted octanol–water partition coefficient (Wildman–Crippen LogP) is 2.49. The van der Waals surface area contributed by atoms with Gasteiger partial charge in [0.05, 0.1) is 29.2 Å². The first-order chi connectivity index (χ1) is 8.00. The molecule has 0 spiro atoms. The average Bonchev–Trinajstić information content (AvgIpc) is 2.81. The second-order valence-corrected chi connectivity index (χ2v) is 4.10. The van der Waals surface area contributed by atoms with E-state index in [9.17, 15) is 4.79 Å². The Bertz CT molecular complexity index is 571. The van der Waals surface area contributed by atoms with Crippen molar-refractivity contribution in [3.63, 3.8) is 0 Å². The summed E-state index contributed by atoms with van der Waals surface area (Å²) in [6, 6.07) is 1.62. The topological polar surface area (TPSA) is 68.3 Å². The van der Waals surface area contributed by atoms with Crippen molar-refractivity contribution in [1.82, 2.24) is 9.78 Å². The zero-order valence-corrected chi connectivity index (χ0v) is 10.2. The maximum Gasteiger partial charge on any atom is 0.372 e. The van der Waals surface area contributed by atoms with E-state index in [0.29, 0.717) is 17.1 Å². The lowest BCUT2D eigenvalue weighted by Crippen LogP contribution is -2.07. The molecule has 0 aromatic carbocycles. The fraction of sp³-hybridized carbons (Fsp3) is 0.273. The minimum atomic E-state index is -1.09. The summed E-state index contributed by atoms with van der Waals surface area (Å²) < 4.78 is 6.56. The van der Waals surface area contributed by atoms with Crippen LogP contribution in [0.15, 0.2) is 16.7 Å². The third kappa shape index (κ3) is 2.06. The first-order valence-corrected chi connectivity index (χ1v) is 5.37. The lowest BCUT2D eigenvalue weighted by atomic mass is 10.2. The van der Waals surface area contributed by atoms with Crippen LogP contribution in [0.1, 0.15) is 27.5 Å². The Labute approximate surface area is 103 Å². The standard InChI is InChI=1S/C11H11ClN2O3/c1-6-9(12)7(2)14(13-6)5-8-3-4-17-10(8)11(15)16/h3-4H,5H2,1-2H3,(H,15,16). The Hall–Kier alpha value is -1.75. The number of hydrogen-bond donors (Lipinski definition) is 1. The smallest absolute Gasteiger partial charge is 0.372 e. The fourth-order valence-corrected chi connectivity index (χ4v) is 1.77. The number of carboxylic acid groups (broad SMARTS) is 1. The molecule has 5 nitrogen and oxygen atoms in total. The van der Waals surface area contributed by atoms with Gasteiger partial charge in [-0.1, -0.05) is 11.6 Å². The number of rotatable bonds is 3. The Morgan fingerprint density at radius 3 is 2.82 bits per heavy atom. The minimum Gasteiger partial charge on any atom is -0.475 e. The van der Waals surface area contributed by atoms with Crippen molar-refractivity contribution in [3.8, 4) is 0 Å². The SMILES string of the molecule is Cc1nn(Cc2ccoc2C(=O)O)c(C)c1Cl. The number of hydrogen-bond acceptors (Lipinski definition) is 3. The molecule has 0 aliphatic heterocycles. The molecule has 0 aliphatic carbocycles. The molecular formula is C11H11ClN2O3. The highest BCUT2D eigenvalue weighted by Gasteiger charge is 2.16. The van der Waals surface area contributed by atoms with Crippen molar-refractivity contribution in [2.24, 2.45) is 0 Å². The number of aromatic carboxylic acids is 1. The van der Waals surface area contributed by atoms with E-state index in [2.05, 4.69) is 5.10 Å². The summed E-state index contributed by atoms with van der Waals surface area (Å²) in [6.07, 6.45) is 1.35. The molecule has 90 valence electrons. The molecule has 0 aliphatic rings. The summed E-state index contributed by atoms with van der Waals surface area (Å²) in [5, 5.41) is 13.7. The fourth-order valence-electron chi connectivity index (χ4n) is 1.64. The maximum absolute atomic E-state index is 10.9. The lowest BCUT2D eigenvalue weighted by molar-refractivity contribution is 0.0660. The molecule has 0 bridgehead atoms. The molecule has 2 aromatic heterocycles. The molecule has 0 saturated carbocycles. The van der Waals surface area contributed by atoms with Gasteiger partial charge < -0.3 is 9.52 Å². The highest BCUT2D eigenvalue weighted by Crippen LogP contribution is 2.21. The summed E-state index contributed by atoms with van der Waals surface area (Å²) in [6.45, 7) is 3.97. The molecule has 0 unspecified atom stereocenters. The van der Waals surface area contributed by atoms with Gasteiger partial charge in [0.2, 0.25) is 5.76 Å². The lowest BCUT2D eigenvalue weighted by Gasteiger charge is -2.02. The number of carboxylic acids is 1. The van der Waals surface area contributed by atoms with E-state index in [4.69, 9.17) is 21.1 Å². The van der Waals surface area contributed by atoms with Crippen molar-refractivity contribution >= 4 is 17.6 Å². The van der Waals surface area contributed by atoms with Crippen LogP contribution in [0.3, 0.4) is 0 Å². The van der Waals surface area contributed by atoms with Crippen LogP contribution in [-0.4, -0.2) is 20.9 Å². The van der Waals surface area contributed by atoms with Crippen LogP contribution < -0.4 is 0 Å². The van der Waals surface area contributed by atoms with Gasteiger partial charge in [-0.25, -0.2) is 4.79 Å². The number of aryl methyl sites for hydroxylation is 1. The van der Waals surface area contributed by atoms with Crippen LogP contribution in [0.5, 0.6) is 0 Å². The zero-order valence-electron chi connectivity index (χ0n) is 9.40. The largest absolute Gasteiger partial charge is 0.475 e. The molecule has 0 atom stereocenters. The van der Waals surface area contributed by atoms with Crippen molar-refractivity contribution in [3.05, 3.63) is 40.1 Å². The number of furan rings is 1. The van der Waals surface area contributed by atoms with E-state index in [1.807, 2.05) is 6.92 Å². The monoisotopic (exact) mass is 254 g/mol. The van der Waals surface area contributed by atoms with Gasteiger partial charge in [0, 0.05) is 5.56 Å². The Morgan fingerprint density at radius 1 is 1.59 bits per heavy atom. The summed E-state index contributed by atoms with van der Waals surface area (Å²) in [5.41, 5.74) is 2.10. The van der Waals surface area contributed by atoms with Crippen molar-refractivity contribution < 1.29 is 14.3 Å². The first-order valence-electron chi connectivity index (χ1n) is 5.00. The van der Waals surface area contributed by atoms with Gasteiger partial charge in [-0.3, -0.25) is 4.68 Å². The van der Waals surface area contributed by atoms with Gasteiger partial charge >= 0.3 is 5.97 Å². The molecule has 1 N–H and O–H groups in total. The normalized spacial score (nSPS) is 10.8. The number of aromatic nitrogens is 2. The molecule has 0 radical (unpaired) electrons. The summed E-state index contributed by atoms with van der Waals surface area (Å²) in [4.78, 5) is 10.9. The third-order valence-electron chi connectivity index (χ3n) is 2.55. The quantitative estimate of drug-likeness (QED) is 0.914. The summed E-state index contributed by atoms with van der Waals surface area (Å²) >= 11 is 6.02. The van der Waals surface area contributed by atoms with Crippen molar-refractivity contribution in [1.29, 1.82) is 0 Å². The number of nitrogens with zero attached hydrogens (tertiary/aromatic N) is 2. The molecule has 2 heterocycles. The molecular weight excluding hydrogens is 244 g/mol. The Balaban J connectivity index is 2.35. The second-order valence-electron chi connectivity index (χ2n) is 3.72. The van der Waals surface area contributed by atoms with E-state index in [0.717, 1.165) is 11.4 Å². The van der Waals surface area contributed by atoms with E-state index >= 15 is 0 Å². The molecule has 0 saturated heterocycles. The highest BCUT2D eigenvalue weighted by molar-refractivity contribution is 6.31. The van der Waals surface area contributed by atoms with Crippen LogP contribution >= 0.6 is 11.6 Å². The highest BCUT2D eigenvalue weighted by atomic mass is 35.5. The molecule has 0 fully saturated rings. The second kappa shape index (κ2) is 4.25. The van der Waals surface area contributed by atoms with E-state index < -0.39 is 5.97 Å². The van der Waals surface area contributed by atoms with E-state index in [-0.39, 0.29) is 5.76 Å². The summed E-state index contributed by atoms with van der Waals surface area (Å²) in [5.74, 6) is -1.15. The summed E-state index contributed by atoms with van der Waals surface area (Å²) in [7, 11) is 0. The van der Waals surface area contributed by atoms with Crippen LogP contribution in [-0.2, 0) is 6.54 Å². The van der Waals surface area contributed by atoms with Crippen LogP contribution in [0.4, 0.5) is 0 Å².